The number of aromatic nitrogens is 2. The monoisotopic (exact) mass is 403 g/mol. The largest absolute Gasteiger partial charge is 0.487 e. The zero-order chi connectivity index (χ0) is 20.6. The number of rotatable bonds is 8. The van der Waals surface area contributed by atoms with Crippen LogP contribution in [0.5, 0.6) is 5.75 Å². The molecule has 2 aromatic carbocycles. The van der Waals surface area contributed by atoms with Crippen molar-refractivity contribution in [3.05, 3.63) is 93.9 Å². The van der Waals surface area contributed by atoms with Crippen molar-refractivity contribution < 1.29 is 4.74 Å². The van der Waals surface area contributed by atoms with Crippen LogP contribution in [0.4, 0.5) is 0 Å². The molecule has 3 aromatic rings. The normalized spacial score (nSPS) is 14.5. The van der Waals surface area contributed by atoms with Crippen LogP contribution in [0.25, 0.3) is 0 Å². The first-order valence-electron chi connectivity index (χ1n) is 10.8. The van der Waals surface area contributed by atoms with Crippen molar-refractivity contribution in [2.45, 2.75) is 45.4 Å². The van der Waals surface area contributed by atoms with E-state index in [1.54, 1.807) is 6.20 Å². The smallest absolute Gasteiger partial charge is 0.270 e. The van der Waals surface area contributed by atoms with Crippen molar-refractivity contribution >= 4 is 0 Å². The van der Waals surface area contributed by atoms with Gasteiger partial charge in [-0.3, -0.25) is 9.69 Å². The number of piperidine rings is 1. The molecular weight excluding hydrogens is 374 g/mol. The van der Waals surface area contributed by atoms with Gasteiger partial charge in [-0.15, -0.1) is 0 Å². The fraction of sp³-hybridized carbons (Fsp3) is 0.360. The Morgan fingerprint density at radius 3 is 2.33 bits per heavy atom. The molecule has 0 bridgehead atoms. The second-order valence-electron chi connectivity index (χ2n) is 7.93. The summed E-state index contributed by atoms with van der Waals surface area (Å²) in [5.74, 6) is 0.502. The van der Waals surface area contributed by atoms with Gasteiger partial charge < -0.3 is 4.74 Å². The van der Waals surface area contributed by atoms with Crippen LogP contribution in [-0.4, -0.2) is 27.8 Å². The van der Waals surface area contributed by atoms with E-state index in [-0.39, 0.29) is 5.56 Å². The quantitative estimate of drug-likeness (QED) is 0.569. The van der Waals surface area contributed by atoms with Gasteiger partial charge in [0.2, 0.25) is 0 Å². The van der Waals surface area contributed by atoms with E-state index in [0.29, 0.717) is 18.9 Å². The molecule has 2 heterocycles. The first kappa shape index (κ1) is 20.4. The second kappa shape index (κ2) is 10.2. The van der Waals surface area contributed by atoms with E-state index >= 15 is 0 Å². The molecule has 0 atom stereocenters. The SMILES string of the molecule is O=c1cc(OCc2ccccc2)cnn1CCc1ccc(CN2CCCCC2)cc1. The van der Waals surface area contributed by atoms with Gasteiger partial charge in [-0.2, -0.15) is 5.10 Å². The molecule has 4 rings (SSSR count). The van der Waals surface area contributed by atoms with Crippen LogP contribution >= 0.6 is 0 Å². The second-order valence-corrected chi connectivity index (χ2v) is 7.93. The number of likely N-dealkylation sites (tertiary alicyclic amines) is 1. The van der Waals surface area contributed by atoms with Crippen LogP contribution in [0.2, 0.25) is 0 Å². The minimum atomic E-state index is -0.137. The molecule has 0 N–H and O–H groups in total. The Balaban J connectivity index is 1.28. The van der Waals surface area contributed by atoms with Crippen LogP contribution in [0, 0.1) is 0 Å². The fourth-order valence-corrected chi connectivity index (χ4v) is 3.83. The third kappa shape index (κ3) is 5.80. The van der Waals surface area contributed by atoms with E-state index in [2.05, 4.69) is 34.3 Å². The molecule has 0 amide bonds. The highest BCUT2D eigenvalue weighted by molar-refractivity contribution is 5.23. The molecular formula is C25H29N3O2. The first-order chi connectivity index (χ1) is 14.8. The van der Waals surface area contributed by atoms with E-state index < -0.39 is 0 Å². The highest BCUT2D eigenvalue weighted by atomic mass is 16.5. The molecule has 1 saturated heterocycles. The van der Waals surface area contributed by atoms with Gasteiger partial charge in [0.15, 0.2) is 0 Å². The zero-order valence-corrected chi connectivity index (χ0v) is 17.4. The van der Waals surface area contributed by atoms with Crippen LogP contribution in [0.3, 0.4) is 0 Å². The van der Waals surface area contributed by atoms with Crippen LogP contribution < -0.4 is 10.3 Å². The van der Waals surface area contributed by atoms with Crippen molar-refractivity contribution in [1.82, 2.24) is 14.7 Å². The van der Waals surface area contributed by atoms with Crippen molar-refractivity contribution in [1.29, 1.82) is 0 Å². The molecule has 0 aliphatic carbocycles. The molecule has 0 radical (unpaired) electrons. The lowest BCUT2D eigenvalue weighted by molar-refractivity contribution is 0.221. The summed E-state index contributed by atoms with van der Waals surface area (Å²) in [4.78, 5) is 14.9. The van der Waals surface area contributed by atoms with Gasteiger partial charge in [0.25, 0.3) is 5.56 Å². The van der Waals surface area contributed by atoms with Crippen LogP contribution in [0.1, 0.15) is 36.0 Å². The van der Waals surface area contributed by atoms with Crippen LogP contribution in [-0.2, 0) is 26.1 Å². The number of hydrogen-bond donors (Lipinski definition) is 0. The molecule has 0 saturated carbocycles. The Labute approximate surface area is 177 Å². The van der Waals surface area contributed by atoms with Gasteiger partial charge in [0, 0.05) is 19.2 Å². The third-order valence-electron chi connectivity index (χ3n) is 5.58. The minimum absolute atomic E-state index is 0.137. The van der Waals surface area contributed by atoms with E-state index in [0.717, 1.165) is 18.5 Å². The summed E-state index contributed by atoms with van der Waals surface area (Å²) < 4.78 is 7.18. The Bertz CT molecular complexity index is 977. The maximum atomic E-state index is 12.4. The maximum absolute atomic E-state index is 12.4. The van der Waals surface area contributed by atoms with Gasteiger partial charge in [0.1, 0.15) is 12.4 Å². The zero-order valence-electron chi connectivity index (χ0n) is 17.4. The fourth-order valence-electron chi connectivity index (χ4n) is 3.83. The van der Waals surface area contributed by atoms with Crippen LogP contribution in [0.15, 0.2) is 71.7 Å². The van der Waals surface area contributed by atoms with E-state index in [1.165, 1.54) is 54.2 Å². The lowest BCUT2D eigenvalue weighted by atomic mass is 10.1. The molecule has 5 nitrogen and oxygen atoms in total. The Hall–Kier alpha value is -2.92. The van der Waals surface area contributed by atoms with Crippen molar-refractivity contribution in [2.75, 3.05) is 13.1 Å². The summed E-state index contributed by atoms with van der Waals surface area (Å²) in [6, 6.07) is 20.2. The summed E-state index contributed by atoms with van der Waals surface area (Å²) >= 11 is 0. The molecule has 30 heavy (non-hydrogen) atoms. The van der Waals surface area contributed by atoms with Gasteiger partial charge in [-0.1, -0.05) is 61.0 Å². The molecule has 0 spiro atoms. The predicted molar refractivity (Wildman–Crippen MR) is 119 cm³/mol. The van der Waals surface area contributed by atoms with Gasteiger partial charge in [0.05, 0.1) is 6.20 Å². The minimum Gasteiger partial charge on any atom is -0.487 e. The average Bonchev–Trinajstić information content (AvgIpc) is 2.79. The number of nitrogens with zero attached hydrogens (tertiary/aromatic N) is 3. The van der Waals surface area contributed by atoms with Gasteiger partial charge in [-0.25, -0.2) is 4.68 Å². The number of benzene rings is 2. The first-order valence-corrected chi connectivity index (χ1v) is 10.8. The molecule has 156 valence electrons. The number of hydrogen-bond acceptors (Lipinski definition) is 4. The lowest BCUT2D eigenvalue weighted by Gasteiger charge is -2.26. The highest BCUT2D eigenvalue weighted by Crippen LogP contribution is 2.14. The molecule has 1 aromatic heterocycles. The summed E-state index contributed by atoms with van der Waals surface area (Å²) in [6.45, 7) is 4.44. The standard InChI is InChI=1S/C25H29N3O2/c29-25-17-24(30-20-23-7-3-1-4-8-23)18-26-28(25)16-13-21-9-11-22(12-10-21)19-27-14-5-2-6-15-27/h1,3-4,7-12,17-18H,2,5-6,13-16,19-20H2. The number of ether oxygens (including phenoxy) is 1. The van der Waals surface area contributed by atoms with Crippen molar-refractivity contribution in [3.8, 4) is 5.75 Å². The van der Waals surface area contributed by atoms with Crippen molar-refractivity contribution in [2.24, 2.45) is 0 Å². The molecule has 1 aliphatic heterocycles. The topological polar surface area (TPSA) is 47.4 Å². The van der Waals surface area contributed by atoms with Crippen molar-refractivity contribution in [3.63, 3.8) is 0 Å². The average molecular weight is 404 g/mol. The summed E-state index contributed by atoms with van der Waals surface area (Å²) in [5.41, 5.74) is 3.50. The maximum Gasteiger partial charge on any atom is 0.270 e. The van der Waals surface area contributed by atoms with E-state index in [4.69, 9.17) is 4.74 Å². The highest BCUT2D eigenvalue weighted by Gasteiger charge is 2.10. The lowest BCUT2D eigenvalue weighted by Crippen LogP contribution is -2.29. The molecule has 0 unspecified atom stereocenters. The number of aryl methyl sites for hydroxylation is 2. The van der Waals surface area contributed by atoms with Gasteiger partial charge in [-0.05, 0) is 49.0 Å². The third-order valence-corrected chi connectivity index (χ3v) is 5.58. The Kier molecular flexibility index (Phi) is 6.93. The molecule has 5 heteroatoms. The molecule has 1 fully saturated rings. The molecule has 1 aliphatic rings. The van der Waals surface area contributed by atoms with E-state index in [9.17, 15) is 4.79 Å². The summed E-state index contributed by atoms with van der Waals surface area (Å²) in [7, 11) is 0. The van der Waals surface area contributed by atoms with E-state index in [1.807, 2.05) is 30.3 Å². The Morgan fingerprint density at radius 2 is 1.60 bits per heavy atom. The Morgan fingerprint density at radius 1 is 0.867 bits per heavy atom. The summed E-state index contributed by atoms with van der Waals surface area (Å²) in [5, 5.41) is 4.27. The predicted octanol–water partition coefficient (Wildman–Crippen LogP) is 4.05. The van der Waals surface area contributed by atoms with Gasteiger partial charge >= 0.3 is 0 Å². The summed E-state index contributed by atoms with van der Waals surface area (Å²) in [6.07, 6.45) is 6.39.